The number of carbonyl (C=O) groups excluding carboxylic acids is 1. The highest BCUT2D eigenvalue weighted by atomic mass is 19.1. The average molecular weight is 268 g/mol. The van der Waals surface area contributed by atoms with E-state index < -0.39 is 23.9 Å². The topological polar surface area (TPSA) is 69.6 Å². The third kappa shape index (κ3) is 4.24. The fraction of sp³-hybridized carbons (Fsp3) is 0.385. The number of aliphatic carboxylic acids is 1. The third-order valence-corrected chi connectivity index (χ3v) is 2.56. The van der Waals surface area contributed by atoms with Gasteiger partial charge in [0.1, 0.15) is 5.82 Å². The molecule has 1 unspecified atom stereocenters. The molecule has 6 heteroatoms. The Labute approximate surface area is 111 Å². The molecule has 0 aliphatic rings. The number of rotatable bonds is 5. The molecular weight excluding hydrogens is 251 g/mol. The number of hydrogen-bond acceptors (Lipinski definition) is 2. The summed E-state index contributed by atoms with van der Waals surface area (Å²) in [5.74, 6) is -1.49. The summed E-state index contributed by atoms with van der Waals surface area (Å²) in [5.41, 5.74) is 0.171. The molecule has 0 fully saturated rings. The standard InChI is InChI=1S/C13H17FN2O3/c1-3-16(11-7-5-4-6-10(11)14)13(19)15-9(2)8-12(17)18/h4-7,9H,3,8H2,1-2H3,(H,15,19)(H,17,18). The first-order valence-electron chi connectivity index (χ1n) is 6.00. The number of nitrogens with one attached hydrogen (secondary N) is 1. The zero-order valence-electron chi connectivity index (χ0n) is 10.9. The molecule has 2 N–H and O–H groups in total. The van der Waals surface area contributed by atoms with Crippen molar-refractivity contribution in [2.75, 3.05) is 11.4 Å². The van der Waals surface area contributed by atoms with Crippen molar-refractivity contribution in [3.05, 3.63) is 30.1 Å². The van der Waals surface area contributed by atoms with Gasteiger partial charge in [0.05, 0.1) is 12.1 Å². The molecule has 0 spiro atoms. The van der Waals surface area contributed by atoms with Crippen LogP contribution in [0.25, 0.3) is 0 Å². The predicted molar refractivity (Wildman–Crippen MR) is 69.7 cm³/mol. The fourth-order valence-corrected chi connectivity index (χ4v) is 1.70. The molecule has 0 aliphatic carbocycles. The molecule has 0 saturated heterocycles. The van der Waals surface area contributed by atoms with Crippen molar-refractivity contribution in [2.24, 2.45) is 0 Å². The van der Waals surface area contributed by atoms with Crippen molar-refractivity contribution in [1.82, 2.24) is 5.32 Å². The van der Waals surface area contributed by atoms with E-state index in [1.807, 2.05) is 0 Å². The second-order valence-electron chi connectivity index (χ2n) is 4.14. The van der Waals surface area contributed by atoms with Gasteiger partial charge in [-0.05, 0) is 26.0 Å². The van der Waals surface area contributed by atoms with Crippen LogP contribution in [0.5, 0.6) is 0 Å². The van der Waals surface area contributed by atoms with E-state index in [9.17, 15) is 14.0 Å². The zero-order valence-corrected chi connectivity index (χ0v) is 10.9. The van der Waals surface area contributed by atoms with Gasteiger partial charge in [-0.15, -0.1) is 0 Å². The first-order valence-corrected chi connectivity index (χ1v) is 6.00. The van der Waals surface area contributed by atoms with Crippen molar-refractivity contribution < 1.29 is 19.1 Å². The summed E-state index contributed by atoms with van der Waals surface area (Å²) in [4.78, 5) is 23.7. The molecule has 1 atom stereocenters. The molecule has 2 amide bonds. The minimum atomic E-state index is -0.998. The molecule has 5 nitrogen and oxygen atoms in total. The predicted octanol–water partition coefficient (Wildman–Crippen LogP) is 2.22. The molecule has 0 radical (unpaired) electrons. The van der Waals surface area contributed by atoms with Gasteiger partial charge >= 0.3 is 12.0 Å². The van der Waals surface area contributed by atoms with Crippen LogP contribution < -0.4 is 10.2 Å². The monoisotopic (exact) mass is 268 g/mol. The summed E-state index contributed by atoms with van der Waals surface area (Å²) < 4.78 is 13.6. The molecule has 1 aromatic rings. The van der Waals surface area contributed by atoms with E-state index in [1.165, 1.54) is 23.1 Å². The summed E-state index contributed by atoms with van der Waals surface area (Å²) in [6, 6.07) is 4.91. The number of hydrogen-bond donors (Lipinski definition) is 2. The summed E-state index contributed by atoms with van der Waals surface area (Å²) in [6.07, 6.45) is -0.180. The maximum Gasteiger partial charge on any atom is 0.322 e. The van der Waals surface area contributed by atoms with Crippen molar-refractivity contribution in [3.63, 3.8) is 0 Å². The van der Waals surface area contributed by atoms with Crippen LogP contribution in [0.2, 0.25) is 0 Å². The van der Waals surface area contributed by atoms with Crippen LogP contribution >= 0.6 is 0 Å². The van der Waals surface area contributed by atoms with E-state index in [2.05, 4.69) is 5.32 Å². The number of anilines is 1. The van der Waals surface area contributed by atoms with E-state index in [0.29, 0.717) is 0 Å². The van der Waals surface area contributed by atoms with E-state index in [0.717, 1.165) is 0 Å². The largest absolute Gasteiger partial charge is 0.481 e. The molecule has 19 heavy (non-hydrogen) atoms. The van der Waals surface area contributed by atoms with Crippen molar-refractivity contribution >= 4 is 17.7 Å². The molecule has 0 saturated carbocycles. The maximum atomic E-state index is 13.6. The van der Waals surface area contributed by atoms with Crippen LogP contribution in [-0.2, 0) is 4.79 Å². The normalized spacial score (nSPS) is 11.7. The molecule has 0 aromatic heterocycles. The van der Waals surface area contributed by atoms with Gasteiger partial charge in [0, 0.05) is 12.6 Å². The number of benzene rings is 1. The lowest BCUT2D eigenvalue weighted by atomic mass is 10.2. The Kier molecular flexibility index (Phi) is 5.29. The van der Waals surface area contributed by atoms with Gasteiger partial charge in [-0.25, -0.2) is 9.18 Å². The Morgan fingerprint density at radius 1 is 1.42 bits per heavy atom. The average Bonchev–Trinajstić information content (AvgIpc) is 2.31. The lowest BCUT2D eigenvalue weighted by Crippen LogP contribution is -2.45. The van der Waals surface area contributed by atoms with Gasteiger partial charge in [0.2, 0.25) is 0 Å². The van der Waals surface area contributed by atoms with Gasteiger partial charge in [-0.3, -0.25) is 9.69 Å². The van der Waals surface area contributed by atoms with Crippen molar-refractivity contribution in [1.29, 1.82) is 0 Å². The molecule has 1 rings (SSSR count). The Morgan fingerprint density at radius 3 is 2.58 bits per heavy atom. The number of nitrogens with zero attached hydrogens (tertiary/aromatic N) is 1. The highest BCUT2D eigenvalue weighted by molar-refractivity contribution is 5.92. The Hall–Kier alpha value is -2.11. The SMILES string of the molecule is CCN(C(=O)NC(C)CC(=O)O)c1ccccc1F. The minimum absolute atomic E-state index is 0.171. The van der Waals surface area contributed by atoms with Gasteiger partial charge in [-0.2, -0.15) is 0 Å². The lowest BCUT2D eigenvalue weighted by Gasteiger charge is -2.23. The third-order valence-electron chi connectivity index (χ3n) is 2.56. The number of carbonyl (C=O) groups is 2. The quantitative estimate of drug-likeness (QED) is 0.860. The second kappa shape index (κ2) is 6.72. The van der Waals surface area contributed by atoms with Crippen LogP contribution in [-0.4, -0.2) is 29.7 Å². The summed E-state index contributed by atoms with van der Waals surface area (Å²) in [5, 5.41) is 11.2. The molecule has 104 valence electrons. The van der Waals surface area contributed by atoms with Crippen LogP contribution in [0.4, 0.5) is 14.9 Å². The van der Waals surface area contributed by atoms with Crippen LogP contribution in [0.1, 0.15) is 20.3 Å². The van der Waals surface area contributed by atoms with E-state index in [4.69, 9.17) is 5.11 Å². The lowest BCUT2D eigenvalue weighted by molar-refractivity contribution is -0.137. The first kappa shape index (κ1) is 14.9. The summed E-state index contributed by atoms with van der Waals surface area (Å²) in [7, 11) is 0. The zero-order chi connectivity index (χ0) is 14.4. The van der Waals surface area contributed by atoms with Crippen LogP contribution in [0, 0.1) is 5.82 Å². The molecule has 1 aromatic carbocycles. The molecular formula is C13H17FN2O3. The van der Waals surface area contributed by atoms with Gasteiger partial charge in [0.15, 0.2) is 0 Å². The van der Waals surface area contributed by atoms with Crippen LogP contribution in [0.15, 0.2) is 24.3 Å². The number of urea groups is 1. The molecule has 0 bridgehead atoms. The number of carboxylic acids is 1. The van der Waals surface area contributed by atoms with Gasteiger partial charge in [-0.1, -0.05) is 12.1 Å². The smallest absolute Gasteiger partial charge is 0.322 e. The summed E-state index contributed by atoms with van der Waals surface area (Å²) >= 11 is 0. The highest BCUT2D eigenvalue weighted by Crippen LogP contribution is 2.18. The van der Waals surface area contributed by atoms with Crippen molar-refractivity contribution in [2.45, 2.75) is 26.3 Å². The van der Waals surface area contributed by atoms with E-state index in [-0.39, 0.29) is 18.7 Å². The number of para-hydroxylation sites is 1. The van der Waals surface area contributed by atoms with Gasteiger partial charge in [0.25, 0.3) is 0 Å². The van der Waals surface area contributed by atoms with E-state index >= 15 is 0 Å². The second-order valence-corrected chi connectivity index (χ2v) is 4.14. The molecule has 0 heterocycles. The van der Waals surface area contributed by atoms with Crippen molar-refractivity contribution in [3.8, 4) is 0 Å². The minimum Gasteiger partial charge on any atom is -0.481 e. The van der Waals surface area contributed by atoms with E-state index in [1.54, 1.807) is 19.9 Å². The highest BCUT2D eigenvalue weighted by Gasteiger charge is 2.19. The van der Waals surface area contributed by atoms with Crippen LogP contribution in [0.3, 0.4) is 0 Å². The Bertz CT molecular complexity index is 465. The maximum absolute atomic E-state index is 13.6. The number of halogens is 1. The Morgan fingerprint density at radius 2 is 2.05 bits per heavy atom. The fourth-order valence-electron chi connectivity index (χ4n) is 1.70. The van der Waals surface area contributed by atoms with Gasteiger partial charge < -0.3 is 10.4 Å². The number of carboxylic acid groups (broad SMARTS) is 1. The number of amides is 2. The first-order chi connectivity index (χ1) is 8.95. The Balaban J connectivity index is 2.78. The summed E-state index contributed by atoms with van der Waals surface area (Å²) in [6.45, 7) is 3.58. The molecule has 0 aliphatic heterocycles.